The fourth-order valence-corrected chi connectivity index (χ4v) is 3.27. The van der Waals surface area contributed by atoms with Crippen LogP contribution in [0.15, 0.2) is 36.7 Å². The topological polar surface area (TPSA) is 116 Å². The van der Waals surface area contributed by atoms with Crippen molar-refractivity contribution in [3.63, 3.8) is 0 Å². The maximum absolute atomic E-state index is 12.6. The van der Waals surface area contributed by atoms with Gasteiger partial charge in [-0.05, 0) is 36.1 Å². The molecule has 35 heavy (non-hydrogen) atoms. The molecular weight excluding hydrogens is 467 g/mol. The monoisotopic (exact) mass is 491 g/mol. The van der Waals surface area contributed by atoms with Crippen LogP contribution in [0.25, 0.3) is 0 Å². The second kappa shape index (κ2) is 11.0. The average molecular weight is 491 g/mol. The maximum Gasteiger partial charge on any atom is 0.422 e. The molecule has 2 N–H and O–H groups in total. The van der Waals surface area contributed by atoms with Crippen molar-refractivity contribution in [1.29, 1.82) is 0 Å². The first kappa shape index (κ1) is 24.2. The quantitative estimate of drug-likeness (QED) is 0.562. The number of halogens is 3. The highest BCUT2D eigenvalue weighted by Crippen LogP contribution is 2.19. The summed E-state index contributed by atoms with van der Waals surface area (Å²) in [6.45, 7) is -0.120. The van der Waals surface area contributed by atoms with E-state index in [0.29, 0.717) is 31.0 Å². The van der Waals surface area contributed by atoms with E-state index in [0.717, 1.165) is 18.4 Å². The smallest absolute Gasteiger partial charge is 0.422 e. The van der Waals surface area contributed by atoms with E-state index in [9.17, 15) is 18.0 Å². The molecule has 6 bridgehead atoms. The summed E-state index contributed by atoms with van der Waals surface area (Å²) in [6, 6.07) is 6.94. The first-order valence-electron chi connectivity index (χ1n) is 11.0. The number of aromatic nitrogens is 5. The molecule has 2 aliphatic heterocycles. The van der Waals surface area contributed by atoms with Crippen LogP contribution in [0.1, 0.15) is 29.8 Å². The van der Waals surface area contributed by atoms with E-state index in [1.165, 1.54) is 4.68 Å². The van der Waals surface area contributed by atoms with Crippen LogP contribution in [0.2, 0.25) is 0 Å². The van der Waals surface area contributed by atoms with Crippen LogP contribution in [-0.4, -0.2) is 56.6 Å². The molecule has 5 rings (SSSR count). The van der Waals surface area contributed by atoms with Gasteiger partial charge in [-0.2, -0.15) is 33.2 Å². The van der Waals surface area contributed by atoms with Crippen molar-refractivity contribution in [2.45, 2.75) is 38.5 Å². The van der Waals surface area contributed by atoms with E-state index in [1.807, 2.05) is 24.3 Å². The Hall–Kier alpha value is -3.90. The summed E-state index contributed by atoms with van der Waals surface area (Å²) in [5.41, 5.74) is 1.57. The van der Waals surface area contributed by atoms with E-state index in [-0.39, 0.29) is 30.6 Å². The number of rotatable bonds is 2. The summed E-state index contributed by atoms with van der Waals surface area (Å²) in [7, 11) is 0. The van der Waals surface area contributed by atoms with Crippen LogP contribution < -0.4 is 20.1 Å². The molecule has 1 amide bonds. The SMILES string of the molecule is O=C1Cn2cc(cn2)Cc2nc(nc(OCC(F)(F)F)n2)NCc2ccc(cc2)OCCCCN1. The Morgan fingerprint density at radius 1 is 1.06 bits per heavy atom. The summed E-state index contributed by atoms with van der Waals surface area (Å²) < 4.78 is 49.9. The van der Waals surface area contributed by atoms with Gasteiger partial charge in [-0.1, -0.05) is 12.1 Å². The molecule has 2 aliphatic rings. The minimum absolute atomic E-state index is 0.0343. The highest BCUT2D eigenvalue weighted by atomic mass is 19.4. The molecule has 1 aromatic carbocycles. The third-order valence-electron chi connectivity index (χ3n) is 4.92. The van der Waals surface area contributed by atoms with E-state index in [1.54, 1.807) is 12.4 Å². The Bertz CT molecular complexity index is 1140. The van der Waals surface area contributed by atoms with Gasteiger partial charge in [0.15, 0.2) is 6.61 Å². The summed E-state index contributed by atoms with van der Waals surface area (Å²) >= 11 is 0. The number of ether oxygens (including phenoxy) is 2. The normalized spacial score (nSPS) is 15.3. The lowest BCUT2D eigenvalue weighted by Crippen LogP contribution is -2.28. The Labute approximate surface area is 198 Å². The molecule has 10 nitrogen and oxygen atoms in total. The summed E-state index contributed by atoms with van der Waals surface area (Å²) in [5.74, 6) is 0.795. The van der Waals surface area contributed by atoms with Gasteiger partial charge < -0.3 is 20.1 Å². The fraction of sp³-hybridized carbons (Fsp3) is 0.409. The van der Waals surface area contributed by atoms with Gasteiger partial charge in [0.05, 0.1) is 12.8 Å². The molecule has 2 aromatic heterocycles. The van der Waals surface area contributed by atoms with Crippen LogP contribution in [0, 0.1) is 0 Å². The molecule has 0 saturated carbocycles. The first-order valence-corrected chi connectivity index (χ1v) is 11.0. The first-order chi connectivity index (χ1) is 16.8. The number of hydrogen-bond donors (Lipinski definition) is 2. The number of benzene rings is 1. The lowest BCUT2D eigenvalue weighted by Gasteiger charge is -2.11. The Morgan fingerprint density at radius 2 is 1.89 bits per heavy atom. The van der Waals surface area contributed by atoms with Crippen molar-refractivity contribution in [3.8, 4) is 11.8 Å². The zero-order valence-electron chi connectivity index (χ0n) is 18.7. The summed E-state index contributed by atoms with van der Waals surface area (Å²) in [4.78, 5) is 24.4. The number of fused-ring (bicyclic) bond motifs is 10. The lowest BCUT2D eigenvalue weighted by atomic mass is 10.2. The predicted octanol–water partition coefficient (Wildman–Crippen LogP) is 2.50. The largest absolute Gasteiger partial charge is 0.494 e. The molecule has 186 valence electrons. The molecule has 4 heterocycles. The van der Waals surface area contributed by atoms with E-state index in [4.69, 9.17) is 9.47 Å². The number of amides is 1. The van der Waals surface area contributed by atoms with Crippen molar-refractivity contribution >= 4 is 11.9 Å². The fourth-order valence-electron chi connectivity index (χ4n) is 3.27. The molecular formula is C22H24F3N7O3. The number of hydrogen-bond acceptors (Lipinski definition) is 8. The third-order valence-corrected chi connectivity index (χ3v) is 4.92. The molecule has 0 fully saturated rings. The number of alkyl halides is 3. The van der Waals surface area contributed by atoms with Gasteiger partial charge in [0, 0.05) is 25.7 Å². The maximum atomic E-state index is 12.6. The van der Waals surface area contributed by atoms with Gasteiger partial charge in [-0.3, -0.25) is 9.48 Å². The van der Waals surface area contributed by atoms with Crippen LogP contribution in [0.3, 0.4) is 0 Å². The standard InChI is InChI=1S/C22H24F3N7O3/c23-22(24,25)14-35-21-30-18-9-16-11-28-32(12-16)13-19(33)26-7-1-2-8-34-17-5-3-15(4-6-17)10-27-20(29-18)31-21/h3-6,11-12H,1-2,7-10,13-14H2,(H,26,33)(H,27,29,30,31). The number of carbonyl (C=O) groups is 1. The van der Waals surface area contributed by atoms with E-state index >= 15 is 0 Å². The Balaban J connectivity index is 1.56. The molecule has 13 heteroatoms. The van der Waals surface area contributed by atoms with Crippen LogP contribution in [0.4, 0.5) is 19.1 Å². The minimum atomic E-state index is -4.53. The molecule has 0 saturated heterocycles. The van der Waals surface area contributed by atoms with Crippen LogP contribution >= 0.6 is 0 Å². The van der Waals surface area contributed by atoms with Gasteiger partial charge in [0.2, 0.25) is 11.9 Å². The van der Waals surface area contributed by atoms with Crippen LogP contribution in [-0.2, 0) is 24.3 Å². The third kappa shape index (κ3) is 7.83. The number of nitrogens with zero attached hydrogens (tertiary/aromatic N) is 5. The second-order valence-electron chi connectivity index (χ2n) is 7.89. The van der Waals surface area contributed by atoms with Crippen molar-refractivity contribution in [1.82, 2.24) is 30.0 Å². The van der Waals surface area contributed by atoms with Crippen molar-refractivity contribution < 1.29 is 27.4 Å². The highest BCUT2D eigenvalue weighted by molar-refractivity contribution is 5.75. The van der Waals surface area contributed by atoms with E-state index < -0.39 is 18.8 Å². The lowest BCUT2D eigenvalue weighted by molar-refractivity contribution is -0.154. The Kier molecular flexibility index (Phi) is 7.63. The Morgan fingerprint density at radius 3 is 2.69 bits per heavy atom. The van der Waals surface area contributed by atoms with Gasteiger partial charge in [-0.25, -0.2) is 0 Å². The molecule has 0 radical (unpaired) electrons. The van der Waals surface area contributed by atoms with Crippen molar-refractivity contribution in [3.05, 3.63) is 53.6 Å². The molecule has 3 aromatic rings. The van der Waals surface area contributed by atoms with Gasteiger partial charge in [0.1, 0.15) is 18.1 Å². The number of anilines is 1. The summed E-state index contributed by atoms with van der Waals surface area (Å²) in [5, 5.41) is 10.0. The van der Waals surface area contributed by atoms with Crippen molar-refractivity contribution in [2.75, 3.05) is 25.1 Å². The van der Waals surface area contributed by atoms with Gasteiger partial charge >= 0.3 is 12.2 Å². The second-order valence-corrected chi connectivity index (χ2v) is 7.89. The predicted molar refractivity (Wildman–Crippen MR) is 118 cm³/mol. The average Bonchev–Trinajstić information content (AvgIpc) is 3.24. The zero-order valence-corrected chi connectivity index (χ0v) is 18.7. The van der Waals surface area contributed by atoms with E-state index in [2.05, 4.69) is 30.7 Å². The van der Waals surface area contributed by atoms with Crippen molar-refractivity contribution in [2.24, 2.45) is 0 Å². The molecule has 0 unspecified atom stereocenters. The minimum Gasteiger partial charge on any atom is -0.494 e. The summed E-state index contributed by atoms with van der Waals surface area (Å²) in [6.07, 6.45) is 0.390. The number of nitrogens with one attached hydrogen (secondary N) is 2. The zero-order chi connectivity index (χ0) is 24.7. The molecule has 0 atom stereocenters. The van der Waals surface area contributed by atoms with Gasteiger partial charge in [0.25, 0.3) is 0 Å². The highest BCUT2D eigenvalue weighted by Gasteiger charge is 2.29. The van der Waals surface area contributed by atoms with Crippen LogP contribution in [0.5, 0.6) is 11.8 Å². The van der Waals surface area contributed by atoms with Gasteiger partial charge in [-0.15, -0.1) is 0 Å². The molecule has 0 spiro atoms. The number of carbonyl (C=O) groups excluding carboxylic acids is 1. The molecule has 0 aliphatic carbocycles.